The normalized spacial score (nSPS) is 10.5. The van der Waals surface area contributed by atoms with Crippen molar-refractivity contribution < 1.29 is 0 Å². The largest absolute Gasteiger partial charge is 0.107 e. The van der Waals surface area contributed by atoms with E-state index in [1.807, 2.05) is 0 Å². The van der Waals surface area contributed by atoms with E-state index in [9.17, 15) is 0 Å². The minimum atomic E-state index is 1.17. The smallest absolute Gasteiger partial charge is 0.0613 e. The van der Waals surface area contributed by atoms with Crippen LogP contribution >= 0.6 is 0 Å². The number of rotatable bonds is 4. The van der Waals surface area contributed by atoms with Crippen LogP contribution in [0.15, 0.2) is 12.1 Å². The van der Waals surface area contributed by atoms with Gasteiger partial charge in [-0.1, -0.05) is 44.8 Å². The quantitative estimate of drug-likeness (QED) is 0.637. The van der Waals surface area contributed by atoms with E-state index in [0.29, 0.717) is 0 Å². The highest BCUT2D eigenvalue weighted by atomic mass is 14.1. The summed E-state index contributed by atoms with van der Waals surface area (Å²) in [6, 6.07) is 4.63. The van der Waals surface area contributed by atoms with E-state index < -0.39 is 0 Å². The van der Waals surface area contributed by atoms with Crippen molar-refractivity contribution in [2.24, 2.45) is 0 Å². The average molecular weight is 188 g/mol. The molecule has 76 valence electrons. The molecule has 1 aromatic rings. The van der Waals surface area contributed by atoms with Crippen molar-refractivity contribution in [3.8, 4) is 0 Å². The molecule has 0 aliphatic carbocycles. The lowest BCUT2D eigenvalue weighted by molar-refractivity contribution is 0.964. The monoisotopic (exact) mass is 188 g/mol. The van der Waals surface area contributed by atoms with E-state index in [4.69, 9.17) is 0 Å². The molecule has 0 spiro atoms. The third-order valence-electron chi connectivity index (χ3n) is 3.09. The molecule has 0 saturated carbocycles. The number of benzene rings is 1. The lowest BCUT2D eigenvalue weighted by atomic mass is 9.86. The van der Waals surface area contributed by atoms with E-state index in [0.717, 1.165) is 0 Å². The van der Waals surface area contributed by atoms with Gasteiger partial charge in [0, 0.05) is 0 Å². The zero-order chi connectivity index (χ0) is 10.6. The van der Waals surface area contributed by atoms with Crippen LogP contribution < -0.4 is 0 Å². The average Bonchev–Trinajstić information content (AvgIpc) is 2.26. The van der Waals surface area contributed by atoms with E-state index >= 15 is 0 Å². The van der Waals surface area contributed by atoms with Gasteiger partial charge in [0.2, 0.25) is 0 Å². The fraction of sp³-hybridized carbons (Fsp3) is 0.538. The Hall–Kier alpha value is -0.715. The molecule has 1 rings (SSSR count). The molecule has 0 nitrogen and oxygen atoms in total. The van der Waals surface area contributed by atoms with E-state index in [1.165, 1.54) is 25.6 Å². The predicted octanol–water partition coefficient (Wildman–Crippen LogP) is 2.51. The zero-order valence-electron chi connectivity index (χ0n) is 9.98. The second-order valence-electron chi connectivity index (χ2n) is 3.76. The summed E-state index contributed by atoms with van der Waals surface area (Å²) in [5, 5.41) is 0. The molecule has 1 heteroatoms. The van der Waals surface area contributed by atoms with Gasteiger partial charge >= 0.3 is 0 Å². The summed E-state index contributed by atoms with van der Waals surface area (Å²) >= 11 is 0. The van der Waals surface area contributed by atoms with Gasteiger partial charge in [-0.05, 0) is 36.0 Å². The Morgan fingerprint density at radius 1 is 0.857 bits per heavy atom. The molecule has 0 aliphatic rings. The first-order valence-electron chi connectivity index (χ1n) is 5.90. The molecule has 0 atom stereocenters. The van der Waals surface area contributed by atoms with Gasteiger partial charge in [0.05, 0.1) is 0 Å². The maximum absolute atomic E-state index is 2.32. The summed E-state index contributed by atoms with van der Waals surface area (Å²) < 4.78 is 0. The number of hydrogen-bond donors (Lipinski definition) is 0. The second kappa shape index (κ2) is 5.24. The van der Waals surface area contributed by atoms with Gasteiger partial charge in [0.1, 0.15) is 7.85 Å². The number of hydrogen-bond acceptors (Lipinski definition) is 0. The van der Waals surface area contributed by atoms with Crippen LogP contribution in [-0.4, -0.2) is 7.85 Å². The van der Waals surface area contributed by atoms with Crippen molar-refractivity contribution in [1.82, 2.24) is 0 Å². The van der Waals surface area contributed by atoms with Crippen molar-refractivity contribution in [2.45, 2.75) is 46.4 Å². The first-order valence-corrected chi connectivity index (χ1v) is 5.90. The van der Waals surface area contributed by atoms with Crippen LogP contribution in [0.1, 0.15) is 43.0 Å². The summed E-state index contributed by atoms with van der Waals surface area (Å²) in [6.45, 7) is 6.79. The summed E-state index contributed by atoms with van der Waals surface area (Å²) in [5.74, 6) is 0. The van der Waals surface area contributed by atoms with Crippen molar-refractivity contribution in [3.05, 3.63) is 34.4 Å². The molecule has 0 bridgehead atoms. The van der Waals surface area contributed by atoms with Crippen molar-refractivity contribution in [2.75, 3.05) is 0 Å². The molecule has 0 amide bonds. The Morgan fingerprint density at radius 3 is 1.79 bits per heavy atom. The standard InChI is InChI=1S/C13H21B/c1-4-10-7-8-11(9-14)13(6-3)12(10)5-2/h7-8H,4-6,9,14H2,1-3H3. The van der Waals surface area contributed by atoms with Crippen LogP contribution in [0.25, 0.3) is 0 Å². The molecule has 0 unspecified atom stereocenters. The van der Waals surface area contributed by atoms with Crippen LogP contribution in [0, 0.1) is 0 Å². The maximum Gasteiger partial charge on any atom is 0.107 e. The molecular formula is C13H21B. The Labute approximate surface area is 89.1 Å². The highest BCUT2D eigenvalue weighted by Gasteiger charge is 2.07. The predicted molar refractivity (Wildman–Crippen MR) is 66.8 cm³/mol. The lowest BCUT2D eigenvalue weighted by Gasteiger charge is -2.15. The van der Waals surface area contributed by atoms with Gasteiger partial charge in [-0.25, -0.2) is 0 Å². The third-order valence-corrected chi connectivity index (χ3v) is 3.09. The molecule has 1 aromatic carbocycles. The van der Waals surface area contributed by atoms with Crippen molar-refractivity contribution >= 4 is 7.85 Å². The zero-order valence-corrected chi connectivity index (χ0v) is 9.98. The Morgan fingerprint density at radius 2 is 1.36 bits per heavy atom. The molecule has 0 saturated heterocycles. The summed E-state index contributed by atoms with van der Waals surface area (Å²) in [5.41, 5.74) is 6.30. The fourth-order valence-corrected chi connectivity index (χ4v) is 2.33. The SMILES string of the molecule is BCc1ccc(CC)c(CC)c1CC. The van der Waals surface area contributed by atoms with Gasteiger partial charge in [0.25, 0.3) is 0 Å². The fourth-order valence-electron chi connectivity index (χ4n) is 2.33. The molecule has 0 radical (unpaired) electrons. The first-order chi connectivity index (χ1) is 6.78. The van der Waals surface area contributed by atoms with E-state index in [2.05, 4.69) is 40.8 Å². The van der Waals surface area contributed by atoms with Crippen molar-refractivity contribution in [3.63, 3.8) is 0 Å². The molecular weight excluding hydrogens is 167 g/mol. The van der Waals surface area contributed by atoms with Crippen LogP contribution in [0.5, 0.6) is 0 Å². The Bertz CT molecular complexity index is 271. The molecule has 0 fully saturated rings. The van der Waals surface area contributed by atoms with Crippen molar-refractivity contribution in [1.29, 1.82) is 0 Å². The molecule has 0 aliphatic heterocycles. The molecule has 0 heterocycles. The van der Waals surface area contributed by atoms with Gasteiger partial charge in [-0.15, -0.1) is 0 Å². The lowest BCUT2D eigenvalue weighted by Crippen LogP contribution is -2.02. The molecule has 14 heavy (non-hydrogen) atoms. The van der Waals surface area contributed by atoms with Crippen LogP contribution in [0.2, 0.25) is 0 Å². The van der Waals surface area contributed by atoms with Crippen LogP contribution in [-0.2, 0) is 25.6 Å². The molecule has 0 aromatic heterocycles. The van der Waals surface area contributed by atoms with E-state index in [-0.39, 0.29) is 0 Å². The Balaban J connectivity index is 3.28. The summed E-state index contributed by atoms with van der Waals surface area (Å²) in [6.07, 6.45) is 4.70. The summed E-state index contributed by atoms with van der Waals surface area (Å²) in [7, 11) is 2.25. The third kappa shape index (κ3) is 2.02. The molecule has 0 N–H and O–H groups in total. The van der Waals surface area contributed by atoms with Gasteiger partial charge in [-0.3, -0.25) is 0 Å². The Kier molecular flexibility index (Phi) is 4.25. The topological polar surface area (TPSA) is 0 Å². The maximum atomic E-state index is 2.32. The van der Waals surface area contributed by atoms with Gasteiger partial charge < -0.3 is 0 Å². The summed E-state index contributed by atoms with van der Waals surface area (Å²) in [4.78, 5) is 0. The number of aryl methyl sites for hydroxylation is 1. The first kappa shape index (κ1) is 11.4. The second-order valence-corrected chi connectivity index (χ2v) is 3.76. The highest BCUT2D eigenvalue weighted by Crippen LogP contribution is 2.21. The van der Waals surface area contributed by atoms with Gasteiger partial charge in [-0.2, -0.15) is 0 Å². The van der Waals surface area contributed by atoms with Crippen LogP contribution in [0.4, 0.5) is 0 Å². The van der Waals surface area contributed by atoms with E-state index in [1.54, 1.807) is 22.3 Å². The van der Waals surface area contributed by atoms with Gasteiger partial charge in [0.15, 0.2) is 0 Å². The van der Waals surface area contributed by atoms with Crippen LogP contribution in [0.3, 0.4) is 0 Å². The minimum Gasteiger partial charge on any atom is -0.0613 e. The highest BCUT2D eigenvalue weighted by molar-refractivity contribution is 6.08. The minimum absolute atomic E-state index is 1.17.